The van der Waals surface area contributed by atoms with Crippen molar-refractivity contribution in [3.05, 3.63) is 65.2 Å². The van der Waals surface area contributed by atoms with Gasteiger partial charge in [0, 0.05) is 30.0 Å². The monoisotopic (exact) mass is 403 g/mol. The minimum absolute atomic E-state index is 0.138. The third-order valence-electron chi connectivity index (χ3n) is 4.95. The molecule has 2 atom stereocenters. The maximum absolute atomic E-state index is 13.8. The Hall–Kier alpha value is -2.45. The molecule has 1 spiro atoms. The molecule has 0 aromatic heterocycles. The first kappa shape index (κ1) is 18.9. The molecule has 2 aliphatic heterocycles. The number of nitrogens with zero attached hydrogens (tertiary/aromatic N) is 2. The van der Waals surface area contributed by atoms with Gasteiger partial charge in [0.25, 0.3) is 0 Å². The van der Waals surface area contributed by atoms with Gasteiger partial charge in [-0.1, -0.05) is 30.0 Å². The lowest BCUT2D eigenvalue weighted by atomic mass is 9.86. The SMILES string of the molecule is CC(=O)N1N=C(c2cc(F)cc(F)c2)SC12c1ccccc1OC[C@H]2CCN. The summed E-state index contributed by atoms with van der Waals surface area (Å²) in [5.41, 5.74) is 6.93. The number of hydrogen-bond donors (Lipinski definition) is 1. The second-order valence-electron chi connectivity index (χ2n) is 6.77. The predicted molar refractivity (Wildman–Crippen MR) is 104 cm³/mol. The lowest BCUT2D eigenvalue weighted by Crippen LogP contribution is -2.51. The Morgan fingerprint density at radius 3 is 2.71 bits per heavy atom. The number of halogens is 2. The first-order valence-electron chi connectivity index (χ1n) is 8.93. The van der Waals surface area contributed by atoms with E-state index in [4.69, 9.17) is 10.5 Å². The average Bonchev–Trinajstić information content (AvgIpc) is 3.05. The molecule has 0 bridgehead atoms. The summed E-state index contributed by atoms with van der Waals surface area (Å²) in [7, 11) is 0. The topological polar surface area (TPSA) is 67.9 Å². The van der Waals surface area contributed by atoms with Crippen LogP contribution in [0.3, 0.4) is 0 Å². The molecule has 1 unspecified atom stereocenters. The Morgan fingerprint density at radius 1 is 1.32 bits per heavy atom. The van der Waals surface area contributed by atoms with Crippen molar-refractivity contribution in [2.75, 3.05) is 13.2 Å². The van der Waals surface area contributed by atoms with Gasteiger partial charge in [-0.15, -0.1) is 0 Å². The zero-order valence-electron chi connectivity index (χ0n) is 15.2. The van der Waals surface area contributed by atoms with Crippen molar-refractivity contribution < 1.29 is 18.3 Å². The molecule has 0 fully saturated rings. The first-order valence-corrected chi connectivity index (χ1v) is 9.74. The van der Waals surface area contributed by atoms with Crippen molar-refractivity contribution in [3.63, 3.8) is 0 Å². The molecule has 28 heavy (non-hydrogen) atoms. The highest BCUT2D eigenvalue weighted by molar-refractivity contribution is 8.15. The summed E-state index contributed by atoms with van der Waals surface area (Å²) in [6.45, 7) is 2.21. The summed E-state index contributed by atoms with van der Waals surface area (Å²) in [4.78, 5) is 11.7. The zero-order chi connectivity index (χ0) is 19.9. The number of carbonyl (C=O) groups excluding carboxylic acids is 1. The molecule has 5 nitrogen and oxygen atoms in total. The van der Waals surface area contributed by atoms with E-state index in [-0.39, 0.29) is 11.8 Å². The van der Waals surface area contributed by atoms with Crippen molar-refractivity contribution in [3.8, 4) is 5.75 Å². The van der Waals surface area contributed by atoms with Crippen LogP contribution in [-0.4, -0.2) is 29.1 Å². The van der Waals surface area contributed by atoms with Crippen LogP contribution in [0.1, 0.15) is 24.5 Å². The van der Waals surface area contributed by atoms with Gasteiger partial charge in [-0.25, -0.2) is 13.8 Å². The molecule has 2 aromatic rings. The van der Waals surface area contributed by atoms with Gasteiger partial charge in [-0.2, -0.15) is 5.10 Å². The number of hydrazone groups is 1. The number of rotatable bonds is 3. The number of amides is 1. The van der Waals surface area contributed by atoms with E-state index in [1.54, 1.807) is 0 Å². The number of carbonyl (C=O) groups is 1. The van der Waals surface area contributed by atoms with Gasteiger partial charge in [0.2, 0.25) is 5.91 Å². The Morgan fingerprint density at radius 2 is 2.04 bits per heavy atom. The lowest BCUT2D eigenvalue weighted by Gasteiger charge is -2.45. The Balaban J connectivity index is 1.88. The summed E-state index contributed by atoms with van der Waals surface area (Å²) in [5.74, 6) is -1.13. The molecule has 8 heteroatoms. The van der Waals surface area contributed by atoms with Gasteiger partial charge in [0.15, 0.2) is 4.87 Å². The van der Waals surface area contributed by atoms with Crippen molar-refractivity contribution in [1.29, 1.82) is 0 Å². The molecule has 2 aromatic carbocycles. The van der Waals surface area contributed by atoms with Crippen molar-refractivity contribution in [2.45, 2.75) is 18.2 Å². The van der Waals surface area contributed by atoms with Gasteiger partial charge in [0.05, 0.1) is 6.61 Å². The fourth-order valence-electron chi connectivity index (χ4n) is 3.79. The number of fused-ring (bicyclic) bond motifs is 2. The predicted octanol–water partition coefficient (Wildman–Crippen LogP) is 3.43. The minimum Gasteiger partial charge on any atom is -0.493 e. The average molecular weight is 403 g/mol. The molecule has 0 saturated carbocycles. The molecule has 146 valence electrons. The van der Waals surface area contributed by atoms with Crippen LogP contribution in [0.4, 0.5) is 8.78 Å². The van der Waals surface area contributed by atoms with Crippen LogP contribution >= 0.6 is 11.8 Å². The fourth-order valence-corrected chi connectivity index (χ4v) is 5.33. The highest BCUT2D eigenvalue weighted by atomic mass is 32.2. The van der Waals surface area contributed by atoms with E-state index < -0.39 is 16.5 Å². The van der Waals surface area contributed by atoms with Crippen molar-refractivity contribution in [1.82, 2.24) is 5.01 Å². The summed E-state index contributed by atoms with van der Waals surface area (Å²) in [6.07, 6.45) is 0.603. The van der Waals surface area contributed by atoms with E-state index in [0.717, 1.165) is 11.6 Å². The van der Waals surface area contributed by atoms with Gasteiger partial charge in [-0.3, -0.25) is 4.79 Å². The van der Waals surface area contributed by atoms with Crippen molar-refractivity contribution in [2.24, 2.45) is 16.8 Å². The molecule has 0 aliphatic carbocycles. The Kier molecular flexibility index (Phi) is 4.84. The van der Waals surface area contributed by atoms with Gasteiger partial charge < -0.3 is 10.5 Å². The van der Waals surface area contributed by atoms with Gasteiger partial charge in [-0.05, 0) is 31.2 Å². The number of nitrogens with two attached hydrogens (primary N) is 1. The molecule has 2 heterocycles. The van der Waals surface area contributed by atoms with Gasteiger partial charge >= 0.3 is 0 Å². The lowest BCUT2D eigenvalue weighted by molar-refractivity contribution is -0.134. The van der Waals surface area contributed by atoms with Crippen LogP contribution in [0.15, 0.2) is 47.6 Å². The summed E-state index contributed by atoms with van der Waals surface area (Å²) in [6, 6.07) is 10.7. The van der Waals surface area contributed by atoms with E-state index >= 15 is 0 Å². The highest BCUT2D eigenvalue weighted by Crippen LogP contribution is 2.57. The molecule has 2 aliphatic rings. The minimum atomic E-state index is -0.877. The zero-order valence-corrected chi connectivity index (χ0v) is 16.0. The maximum Gasteiger partial charge on any atom is 0.241 e. The van der Waals surface area contributed by atoms with Crippen LogP contribution in [0.25, 0.3) is 0 Å². The van der Waals surface area contributed by atoms with E-state index in [9.17, 15) is 13.6 Å². The van der Waals surface area contributed by atoms with Crippen LogP contribution in [-0.2, 0) is 9.67 Å². The van der Waals surface area contributed by atoms with E-state index in [2.05, 4.69) is 5.10 Å². The molecule has 1 amide bonds. The number of para-hydroxylation sites is 1. The maximum atomic E-state index is 13.8. The van der Waals surface area contributed by atoms with Crippen LogP contribution in [0.5, 0.6) is 5.75 Å². The summed E-state index contributed by atoms with van der Waals surface area (Å²) in [5, 5.41) is 6.28. The smallest absolute Gasteiger partial charge is 0.241 e. The van der Waals surface area contributed by atoms with Crippen LogP contribution in [0, 0.1) is 17.6 Å². The van der Waals surface area contributed by atoms with E-state index in [1.807, 2.05) is 24.3 Å². The van der Waals surface area contributed by atoms with E-state index in [1.165, 1.54) is 35.8 Å². The van der Waals surface area contributed by atoms with E-state index in [0.29, 0.717) is 35.9 Å². The van der Waals surface area contributed by atoms with Crippen molar-refractivity contribution >= 4 is 22.7 Å². The number of thioether (sulfide) groups is 1. The summed E-state index contributed by atoms with van der Waals surface area (Å²) < 4.78 is 33.5. The molecular formula is C20H19F2N3O2S. The molecule has 0 saturated heterocycles. The molecule has 4 rings (SSSR count). The second-order valence-corrected chi connectivity index (χ2v) is 7.99. The fraction of sp³-hybridized carbons (Fsp3) is 0.300. The van der Waals surface area contributed by atoms with Crippen LogP contribution in [0.2, 0.25) is 0 Å². The standard InChI is InChI=1S/C20H19F2N3O2S/c1-12(26)25-20(28-19(24-25)13-8-15(21)10-16(22)9-13)14(6-7-23)11-27-18-5-3-2-4-17(18)20/h2-5,8-10,14H,6-7,11,23H2,1H3/t14-,20?/m1/s1. The number of benzene rings is 2. The quantitative estimate of drug-likeness (QED) is 0.853. The number of hydrogen-bond acceptors (Lipinski definition) is 5. The molecule has 0 radical (unpaired) electrons. The molecule has 2 N–H and O–H groups in total. The molecular weight excluding hydrogens is 384 g/mol. The van der Waals surface area contributed by atoms with Gasteiger partial charge in [0.1, 0.15) is 22.4 Å². The first-order chi connectivity index (χ1) is 13.5. The normalized spacial score (nSPS) is 23.4. The Labute approximate surface area is 165 Å². The second kappa shape index (κ2) is 7.18. The third kappa shape index (κ3) is 2.97. The Bertz CT molecular complexity index is 948. The summed E-state index contributed by atoms with van der Waals surface area (Å²) >= 11 is 1.32. The third-order valence-corrected chi connectivity index (χ3v) is 6.50. The number of ether oxygens (including phenoxy) is 1. The largest absolute Gasteiger partial charge is 0.493 e. The van der Waals surface area contributed by atoms with Crippen LogP contribution < -0.4 is 10.5 Å². The highest BCUT2D eigenvalue weighted by Gasteiger charge is 2.56.